The molecule has 1 N–H and O–H groups in total. The van der Waals surface area contributed by atoms with E-state index in [4.69, 9.17) is 0 Å². The molecule has 0 atom stereocenters. The van der Waals surface area contributed by atoms with E-state index in [0.29, 0.717) is 11.6 Å². The Bertz CT molecular complexity index is 289. The molecule has 72 valence electrons. The van der Waals surface area contributed by atoms with Crippen molar-refractivity contribution in [2.75, 3.05) is 0 Å². The average Bonchev–Trinajstić information content (AvgIpc) is 2.03. The zero-order valence-corrected chi connectivity index (χ0v) is 8.57. The third kappa shape index (κ3) is 2.49. The van der Waals surface area contributed by atoms with Crippen LogP contribution in [-0.2, 0) is 5.60 Å². The van der Waals surface area contributed by atoms with Gasteiger partial charge in [-0.05, 0) is 19.9 Å². The Hall–Kier alpha value is -0.960. The Labute approximate surface area is 78.9 Å². The molecule has 0 aliphatic rings. The third-order valence-corrected chi connectivity index (χ3v) is 1.82. The molecule has 1 aromatic heterocycles. The molecule has 1 rings (SSSR count). The Morgan fingerprint density at radius 2 is 2.00 bits per heavy atom. The number of hydrogen-bond donors (Lipinski definition) is 1. The van der Waals surface area contributed by atoms with Crippen LogP contribution in [0.3, 0.4) is 0 Å². The van der Waals surface area contributed by atoms with Crippen LogP contribution < -0.4 is 0 Å². The minimum Gasteiger partial charge on any atom is -0.384 e. The molecular formula is C10H16N2O. The molecule has 1 heterocycles. The molecule has 1 aromatic rings. The monoisotopic (exact) mass is 180 g/mol. The summed E-state index contributed by atoms with van der Waals surface area (Å²) >= 11 is 0. The van der Waals surface area contributed by atoms with E-state index in [-0.39, 0.29) is 0 Å². The van der Waals surface area contributed by atoms with Crippen LogP contribution in [0.25, 0.3) is 0 Å². The van der Waals surface area contributed by atoms with Crippen molar-refractivity contribution < 1.29 is 5.11 Å². The van der Waals surface area contributed by atoms with Gasteiger partial charge in [0.1, 0.15) is 11.4 Å². The van der Waals surface area contributed by atoms with Gasteiger partial charge in [-0.1, -0.05) is 13.8 Å². The summed E-state index contributed by atoms with van der Waals surface area (Å²) in [5.74, 6) is 1.07. The smallest absolute Gasteiger partial charge is 0.131 e. The van der Waals surface area contributed by atoms with Crippen LogP contribution in [0.4, 0.5) is 0 Å². The van der Waals surface area contributed by atoms with Crippen LogP contribution in [0.2, 0.25) is 0 Å². The minimum absolute atomic E-state index is 0.294. The zero-order valence-electron chi connectivity index (χ0n) is 8.57. The lowest BCUT2D eigenvalue weighted by Crippen LogP contribution is -2.18. The van der Waals surface area contributed by atoms with Gasteiger partial charge in [-0.15, -0.1) is 0 Å². The molecule has 13 heavy (non-hydrogen) atoms. The third-order valence-electron chi connectivity index (χ3n) is 1.82. The summed E-state index contributed by atoms with van der Waals surface area (Å²) in [6, 6.07) is 1.74. The van der Waals surface area contributed by atoms with Crippen LogP contribution in [-0.4, -0.2) is 15.1 Å². The predicted octanol–water partition coefficient (Wildman–Crippen LogP) is 1.83. The first-order valence-electron chi connectivity index (χ1n) is 4.47. The molecule has 3 nitrogen and oxygen atoms in total. The summed E-state index contributed by atoms with van der Waals surface area (Å²) in [7, 11) is 0. The van der Waals surface area contributed by atoms with Gasteiger partial charge in [0.05, 0.1) is 5.69 Å². The van der Waals surface area contributed by atoms with Gasteiger partial charge in [0, 0.05) is 12.1 Å². The van der Waals surface area contributed by atoms with Gasteiger partial charge in [0.25, 0.3) is 0 Å². The molecular weight excluding hydrogens is 164 g/mol. The highest BCUT2D eigenvalue weighted by molar-refractivity contribution is 5.10. The Balaban J connectivity index is 3.06. The number of rotatable bonds is 2. The van der Waals surface area contributed by atoms with E-state index in [9.17, 15) is 5.11 Å². The molecule has 0 amide bonds. The highest BCUT2D eigenvalue weighted by Gasteiger charge is 2.18. The van der Waals surface area contributed by atoms with E-state index >= 15 is 0 Å². The summed E-state index contributed by atoms with van der Waals surface area (Å²) in [4.78, 5) is 8.41. The van der Waals surface area contributed by atoms with Gasteiger partial charge in [-0.3, -0.25) is 0 Å². The van der Waals surface area contributed by atoms with Crippen molar-refractivity contribution in [1.29, 1.82) is 0 Å². The fourth-order valence-electron chi connectivity index (χ4n) is 0.993. The van der Waals surface area contributed by atoms with Gasteiger partial charge in [-0.2, -0.15) is 0 Å². The highest BCUT2D eigenvalue weighted by Crippen LogP contribution is 2.18. The number of aromatic nitrogens is 2. The fraction of sp³-hybridized carbons (Fsp3) is 0.600. The number of nitrogens with zero attached hydrogens (tertiary/aromatic N) is 2. The maximum Gasteiger partial charge on any atom is 0.131 e. The largest absolute Gasteiger partial charge is 0.384 e. The van der Waals surface area contributed by atoms with Gasteiger partial charge >= 0.3 is 0 Å². The summed E-state index contributed by atoms with van der Waals surface area (Å²) < 4.78 is 0. The second-order valence-electron chi connectivity index (χ2n) is 4.01. The van der Waals surface area contributed by atoms with Crippen molar-refractivity contribution >= 4 is 0 Å². The van der Waals surface area contributed by atoms with Crippen molar-refractivity contribution in [1.82, 2.24) is 9.97 Å². The summed E-state index contributed by atoms with van der Waals surface area (Å²) in [6.45, 7) is 7.51. The molecule has 0 saturated carbocycles. The van der Waals surface area contributed by atoms with Crippen LogP contribution in [0.15, 0.2) is 12.3 Å². The van der Waals surface area contributed by atoms with Crippen molar-refractivity contribution in [3.8, 4) is 0 Å². The van der Waals surface area contributed by atoms with Crippen molar-refractivity contribution in [2.24, 2.45) is 0 Å². The predicted molar refractivity (Wildman–Crippen MR) is 51.4 cm³/mol. The van der Waals surface area contributed by atoms with Gasteiger partial charge < -0.3 is 5.11 Å². The van der Waals surface area contributed by atoms with E-state index < -0.39 is 5.60 Å². The first kappa shape index (κ1) is 10.1. The maximum absolute atomic E-state index is 9.70. The van der Waals surface area contributed by atoms with Crippen molar-refractivity contribution in [3.63, 3.8) is 0 Å². The topological polar surface area (TPSA) is 46.0 Å². The van der Waals surface area contributed by atoms with Crippen LogP contribution in [0, 0.1) is 0 Å². The molecule has 0 unspecified atom stereocenters. The lowest BCUT2D eigenvalue weighted by Gasteiger charge is -2.17. The molecule has 0 fully saturated rings. The van der Waals surface area contributed by atoms with Crippen LogP contribution in [0.5, 0.6) is 0 Å². The lowest BCUT2D eigenvalue weighted by atomic mass is 10.1. The summed E-state index contributed by atoms with van der Waals surface area (Å²) in [5, 5.41) is 9.70. The molecule has 0 aromatic carbocycles. The molecule has 0 radical (unpaired) electrons. The first-order chi connectivity index (χ1) is 5.91. The Morgan fingerprint density at radius 3 is 2.46 bits per heavy atom. The number of hydrogen-bond acceptors (Lipinski definition) is 3. The van der Waals surface area contributed by atoms with E-state index in [1.165, 1.54) is 0 Å². The molecule has 3 heteroatoms. The van der Waals surface area contributed by atoms with Crippen molar-refractivity contribution in [2.45, 2.75) is 39.2 Å². The van der Waals surface area contributed by atoms with E-state index in [2.05, 4.69) is 9.97 Å². The van der Waals surface area contributed by atoms with Crippen LogP contribution >= 0.6 is 0 Å². The van der Waals surface area contributed by atoms with E-state index in [1.807, 2.05) is 13.8 Å². The quantitative estimate of drug-likeness (QED) is 0.755. The molecule has 0 spiro atoms. The highest BCUT2D eigenvalue weighted by atomic mass is 16.3. The minimum atomic E-state index is -0.882. The summed E-state index contributed by atoms with van der Waals surface area (Å²) in [5.41, 5.74) is -0.210. The standard InChI is InChI=1S/C10H16N2O/c1-7(2)9-11-6-5-8(12-9)10(3,4)13/h5-7,13H,1-4H3. The molecule has 0 aliphatic heterocycles. The van der Waals surface area contributed by atoms with E-state index in [1.54, 1.807) is 26.1 Å². The lowest BCUT2D eigenvalue weighted by molar-refractivity contribution is 0.0733. The molecule has 0 aliphatic carbocycles. The number of aliphatic hydroxyl groups is 1. The van der Waals surface area contributed by atoms with Crippen LogP contribution in [0.1, 0.15) is 45.1 Å². The van der Waals surface area contributed by atoms with Crippen molar-refractivity contribution in [3.05, 3.63) is 23.8 Å². The first-order valence-corrected chi connectivity index (χ1v) is 4.47. The average molecular weight is 180 g/mol. The fourth-order valence-corrected chi connectivity index (χ4v) is 0.993. The Kier molecular flexibility index (Phi) is 2.66. The molecule has 0 bridgehead atoms. The summed E-state index contributed by atoms with van der Waals surface area (Å²) in [6.07, 6.45) is 1.69. The second kappa shape index (κ2) is 3.42. The normalized spacial score (nSPS) is 12.2. The zero-order chi connectivity index (χ0) is 10.1. The SMILES string of the molecule is CC(C)c1nccc(C(C)(C)O)n1. The second-order valence-corrected chi connectivity index (χ2v) is 4.01. The van der Waals surface area contributed by atoms with Gasteiger partial charge in [0.15, 0.2) is 0 Å². The van der Waals surface area contributed by atoms with E-state index in [0.717, 1.165) is 5.82 Å². The molecule has 0 saturated heterocycles. The van der Waals surface area contributed by atoms with Gasteiger partial charge in [-0.25, -0.2) is 9.97 Å². The van der Waals surface area contributed by atoms with Gasteiger partial charge in [0.2, 0.25) is 0 Å². The maximum atomic E-state index is 9.70. The Morgan fingerprint density at radius 1 is 1.38 bits per heavy atom.